The lowest BCUT2D eigenvalue weighted by Gasteiger charge is -2.12. The first-order chi connectivity index (χ1) is 7.65. The number of rotatable bonds is 5. The summed E-state index contributed by atoms with van der Waals surface area (Å²) in [6.07, 6.45) is 3.00. The van der Waals surface area contributed by atoms with E-state index in [-0.39, 0.29) is 18.1 Å². The van der Waals surface area contributed by atoms with Gasteiger partial charge in [0.1, 0.15) is 0 Å². The number of carbonyl (C=O) groups is 1. The summed E-state index contributed by atoms with van der Waals surface area (Å²) in [6.45, 7) is 3.81. The predicted molar refractivity (Wildman–Crippen MR) is 63.1 cm³/mol. The zero-order valence-corrected chi connectivity index (χ0v) is 9.82. The van der Waals surface area contributed by atoms with E-state index in [2.05, 4.69) is 12.2 Å². The monoisotopic (exact) mass is 222 g/mol. The summed E-state index contributed by atoms with van der Waals surface area (Å²) in [7, 11) is 0. The van der Waals surface area contributed by atoms with Gasteiger partial charge in [-0.3, -0.25) is 14.2 Å². The minimum Gasteiger partial charge on any atom is -0.338 e. The highest BCUT2D eigenvalue weighted by atomic mass is 16.2. The van der Waals surface area contributed by atoms with Crippen LogP contribution in [0.3, 0.4) is 0 Å². The van der Waals surface area contributed by atoms with Gasteiger partial charge >= 0.3 is 0 Å². The maximum atomic E-state index is 11.6. The Morgan fingerprint density at radius 2 is 2.19 bits per heavy atom. The van der Waals surface area contributed by atoms with Gasteiger partial charge in [-0.05, 0) is 18.9 Å². The molecule has 0 saturated carbocycles. The van der Waals surface area contributed by atoms with Gasteiger partial charge in [0, 0.05) is 18.7 Å². The second-order valence-corrected chi connectivity index (χ2v) is 3.78. The number of unbranched alkanes of at least 4 members (excludes halogenated alkanes) is 1. The Balaban J connectivity index is 2.85. The maximum absolute atomic E-state index is 11.6. The first kappa shape index (κ1) is 12.5. The van der Waals surface area contributed by atoms with Gasteiger partial charge in [0.25, 0.3) is 5.56 Å². The summed E-state index contributed by atoms with van der Waals surface area (Å²) >= 11 is 0. The fourth-order valence-corrected chi connectivity index (χ4v) is 1.51. The van der Waals surface area contributed by atoms with Crippen molar-refractivity contribution in [3.8, 4) is 0 Å². The fraction of sp³-hybridized carbons (Fsp3) is 0.500. The lowest BCUT2D eigenvalue weighted by molar-refractivity contribution is -0.119. The molecule has 0 atom stereocenters. The average molecular weight is 222 g/mol. The van der Waals surface area contributed by atoms with Gasteiger partial charge < -0.3 is 5.32 Å². The molecule has 0 fully saturated rings. The molecule has 88 valence electrons. The fourth-order valence-electron chi connectivity index (χ4n) is 1.51. The van der Waals surface area contributed by atoms with E-state index in [1.807, 2.05) is 6.07 Å². The van der Waals surface area contributed by atoms with Gasteiger partial charge in [0.05, 0.1) is 6.67 Å². The Hall–Kier alpha value is -1.58. The third kappa shape index (κ3) is 3.53. The highest BCUT2D eigenvalue weighted by Crippen LogP contribution is 2.02. The molecule has 1 heterocycles. The lowest BCUT2D eigenvalue weighted by atomic mass is 10.2. The minimum absolute atomic E-state index is 0.0673. The number of aryl methyl sites for hydroxylation is 1. The molecule has 1 N–H and O–H groups in total. The number of amides is 1. The molecule has 16 heavy (non-hydrogen) atoms. The predicted octanol–water partition coefficient (Wildman–Crippen LogP) is 1.28. The topological polar surface area (TPSA) is 51.1 Å². The zero-order chi connectivity index (χ0) is 12.0. The summed E-state index contributed by atoms with van der Waals surface area (Å²) < 4.78 is 1.61. The number of hydrogen-bond acceptors (Lipinski definition) is 2. The third-order valence-electron chi connectivity index (χ3n) is 2.41. The molecule has 1 rings (SSSR count). The molecule has 4 heteroatoms. The van der Waals surface area contributed by atoms with E-state index in [1.165, 1.54) is 13.0 Å². The van der Waals surface area contributed by atoms with Crippen LogP contribution in [-0.4, -0.2) is 10.5 Å². The van der Waals surface area contributed by atoms with Crippen LogP contribution in [0.2, 0.25) is 0 Å². The SMILES string of the molecule is CCCCc1cccc(=O)n1CNC(C)=O. The minimum atomic E-state index is -0.128. The van der Waals surface area contributed by atoms with Crippen LogP contribution >= 0.6 is 0 Å². The van der Waals surface area contributed by atoms with Crippen LogP contribution in [-0.2, 0) is 17.9 Å². The number of nitrogens with one attached hydrogen (secondary N) is 1. The first-order valence-corrected chi connectivity index (χ1v) is 5.58. The van der Waals surface area contributed by atoms with Crippen molar-refractivity contribution in [1.29, 1.82) is 0 Å². The van der Waals surface area contributed by atoms with Crippen molar-refractivity contribution < 1.29 is 4.79 Å². The van der Waals surface area contributed by atoms with Crippen LogP contribution in [0.25, 0.3) is 0 Å². The van der Waals surface area contributed by atoms with Crippen molar-refractivity contribution in [2.75, 3.05) is 0 Å². The molecule has 0 aliphatic heterocycles. The highest BCUT2D eigenvalue weighted by molar-refractivity contribution is 5.72. The normalized spacial score (nSPS) is 10.1. The standard InChI is InChI=1S/C12H18N2O2/c1-3-4-6-11-7-5-8-12(16)14(11)9-13-10(2)15/h5,7-8H,3-4,6,9H2,1-2H3,(H,13,15). The van der Waals surface area contributed by atoms with Crippen molar-refractivity contribution in [3.63, 3.8) is 0 Å². The summed E-state index contributed by atoms with van der Waals surface area (Å²) in [4.78, 5) is 22.5. The number of hydrogen-bond donors (Lipinski definition) is 1. The molecular formula is C12H18N2O2. The Bertz CT molecular complexity index is 410. The van der Waals surface area contributed by atoms with Crippen LogP contribution in [0, 0.1) is 0 Å². The van der Waals surface area contributed by atoms with Gasteiger partial charge in [-0.1, -0.05) is 19.4 Å². The second-order valence-electron chi connectivity index (χ2n) is 3.78. The number of carbonyl (C=O) groups excluding carboxylic acids is 1. The van der Waals surface area contributed by atoms with Crippen LogP contribution < -0.4 is 10.9 Å². The molecule has 1 aromatic heterocycles. The Morgan fingerprint density at radius 1 is 1.44 bits per heavy atom. The number of pyridine rings is 1. The summed E-state index contributed by atoms with van der Waals surface area (Å²) in [5, 5.41) is 2.64. The van der Waals surface area contributed by atoms with E-state index in [9.17, 15) is 9.59 Å². The van der Waals surface area contributed by atoms with E-state index in [4.69, 9.17) is 0 Å². The molecule has 4 nitrogen and oxygen atoms in total. The number of nitrogens with zero attached hydrogens (tertiary/aromatic N) is 1. The van der Waals surface area contributed by atoms with Crippen molar-refractivity contribution in [3.05, 3.63) is 34.2 Å². The van der Waals surface area contributed by atoms with Gasteiger partial charge in [-0.2, -0.15) is 0 Å². The summed E-state index contributed by atoms with van der Waals surface area (Å²) in [5.41, 5.74) is 0.908. The van der Waals surface area contributed by atoms with Crippen molar-refractivity contribution in [1.82, 2.24) is 9.88 Å². The van der Waals surface area contributed by atoms with E-state index in [1.54, 1.807) is 10.6 Å². The molecule has 0 saturated heterocycles. The highest BCUT2D eigenvalue weighted by Gasteiger charge is 2.03. The first-order valence-electron chi connectivity index (χ1n) is 5.58. The average Bonchev–Trinajstić information content (AvgIpc) is 2.24. The quantitative estimate of drug-likeness (QED) is 0.816. The largest absolute Gasteiger partial charge is 0.338 e. The molecule has 1 amide bonds. The maximum Gasteiger partial charge on any atom is 0.252 e. The van der Waals surface area contributed by atoms with Crippen LogP contribution in [0.1, 0.15) is 32.4 Å². The second kappa shape index (κ2) is 6.10. The molecule has 0 unspecified atom stereocenters. The molecule has 1 aromatic rings. The molecule has 0 bridgehead atoms. The van der Waals surface area contributed by atoms with Gasteiger partial charge in [-0.15, -0.1) is 0 Å². The van der Waals surface area contributed by atoms with E-state index in [0.29, 0.717) is 0 Å². The third-order valence-corrected chi connectivity index (χ3v) is 2.41. The summed E-state index contributed by atoms with van der Waals surface area (Å²) in [5.74, 6) is -0.128. The van der Waals surface area contributed by atoms with E-state index >= 15 is 0 Å². The Labute approximate surface area is 95.3 Å². The number of aromatic nitrogens is 1. The molecule has 0 aromatic carbocycles. The molecular weight excluding hydrogens is 204 g/mol. The lowest BCUT2D eigenvalue weighted by Crippen LogP contribution is -2.32. The van der Waals surface area contributed by atoms with E-state index in [0.717, 1.165) is 25.0 Å². The molecule has 0 aliphatic rings. The molecule has 0 radical (unpaired) electrons. The van der Waals surface area contributed by atoms with Gasteiger partial charge in [-0.25, -0.2) is 0 Å². The van der Waals surface area contributed by atoms with Crippen molar-refractivity contribution in [2.24, 2.45) is 0 Å². The van der Waals surface area contributed by atoms with E-state index < -0.39 is 0 Å². The summed E-state index contributed by atoms with van der Waals surface area (Å²) in [6, 6.07) is 5.20. The van der Waals surface area contributed by atoms with Gasteiger partial charge in [0.15, 0.2) is 0 Å². The van der Waals surface area contributed by atoms with Gasteiger partial charge in [0.2, 0.25) is 5.91 Å². The van der Waals surface area contributed by atoms with Crippen LogP contribution in [0.15, 0.2) is 23.0 Å². The molecule has 0 aliphatic carbocycles. The van der Waals surface area contributed by atoms with Crippen LogP contribution in [0.4, 0.5) is 0 Å². The van der Waals surface area contributed by atoms with Crippen molar-refractivity contribution in [2.45, 2.75) is 39.8 Å². The Kier molecular flexibility index (Phi) is 4.76. The van der Waals surface area contributed by atoms with Crippen molar-refractivity contribution >= 4 is 5.91 Å². The zero-order valence-electron chi connectivity index (χ0n) is 9.82. The Morgan fingerprint density at radius 3 is 2.81 bits per heavy atom. The van der Waals surface area contributed by atoms with Crippen LogP contribution in [0.5, 0.6) is 0 Å². The molecule has 0 spiro atoms. The smallest absolute Gasteiger partial charge is 0.252 e.